The zero-order chi connectivity index (χ0) is 38.2. The van der Waals surface area contributed by atoms with Crippen molar-refractivity contribution in [2.24, 2.45) is 10.9 Å². The molecule has 3 aliphatic heterocycles. The van der Waals surface area contributed by atoms with Crippen molar-refractivity contribution in [3.8, 4) is 5.75 Å². The zero-order valence-electron chi connectivity index (χ0n) is 31.5. The van der Waals surface area contributed by atoms with E-state index < -0.39 is 29.0 Å². The summed E-state index contributed by atoms with van der Waals surface area (Å²) in [5.74, 6) is -1.26. The van der Waals surface area contributed by atoms with Gasteiger partial charge in [0, 0.05) is 33.2 Å². The van der Waals surface area contributed by atoms with Crippen LogP contribution in [0.5, 0.6) is 5.75 Å². The van der Waals surface area contributed by atoms with Crippen LogP contribution in [0.2, 0.25) is 0 Å². The number of hydrogen-bond donors (Lipinski definition) is 1. The van der Waals surface area contributed by atoms with Crippen LogP contribution in [0.25, 0.3) is 0 Å². The van der Waals surface area contributed by atoms with Crippen molar-refractivity contribution >= 4 is 41.7 Å². The maximum atomic E-state index is 13.1. The molecule has 12 nitrogen and oxygen atoms in total. The minimum Gasteiger partial charge on any atom is -0.508 e. The third-order valence-electron chi connectivity index (χ3n) is 11.1. The molecule has 5 aliphatic rings. The Morgan fingerprint density at radius 3 is 1.98 bits per heavy atom. The Bertz CT molecular complexity index is 1620. The molecule has 2 unspecified atom stereocenters. The Hall–Kier alpha value is -4.61. The Labute approximate surface area is 309 Å². The van der Waals surface area contributed by atoms with Gasteiger partial charge in [-0.25, -0.2) is 9.59 Å². The van der Waals surface area contributed by atoms with Gasteiger partial charge in [-0.15, -0.1) is 0 Å². The van der Waals surface area contributed by atoms with E-state index in [4.69, 9.17) is 0 Å². The second-order valence-corrected chi connectivity index (χ2v) is 14.1. The predicted molar refractivity (Wildman–Crippen MR) is 200 cm³/mol. The van der Waals surface area contributed by atoms with Crippen LogP contribution in [-0.4, -0.2) is 99.1 Å². The van der Waals surface area contributed by atoms with E-state index in [1.54, 1.807) is 51.2 Å². The number of phenolic OH excluding ortho intramolecular Hbond substituents is 1. The summed E-state index contributed by atoms with van der Waals surface area (Å²) in [6.07, 6.45) is 17.9. The van der Waals surface area contributed by atoms with Crippen molar-refractivity contribution in [2.75, 3.05) is 27.2 Å². The number of likely N-dealkylation sites (N-methyl/N-ethyl adjacent to an activating group) is 2. The van der Waals surface area contributed by atoms with Crippen LogP contribution < -0.4 is 0 Å². The number of amides is 6. The van der Waals surface area contributed by atoms with Gasteiger partial charge in [-0.05, 0) is 76.2 Å². The summed E-state index contributed by atoms with van der Waals surface area (Å²) in [6.45, 7) is 6.94. The van der Waals surface area contributed by atoms with E-state index in [0.717, 1.165) is 79.6 Å². The Morgan fingerprint density at radius 2 is 1.40 bits per heavy atom. The summed E-state index contributed by atoms with van der Waals surface area (Å²) < 4.78 is 0. The second-order valence-electron chi connectivity index (χ2n) is 14.1. The van der Waals surface area contributed by atoms with Gasteiger partial charge >= 0.3 is 12.1 Å². The fourth-order valence-electron chi connectivity index (χ4n) is 7.58. The number of aliphatic imine (C=N–C) groups is 1. The molecule has 2 saturated heterocycles. The number of phenols is 1. The monoisotopic (exact) mass is 718 g/mol. The number of carbonyl (C=O) groups is 6. The van der Waals surface area contributed by atoms with Crippen LogP contribution in [0, 0.1) is 12.0 Å². The van der Waals surface area contributed by atoms with Crippen LogP contribution >= 0.6 is 0 Å². The number of hydrogen-bond acceptors (Lipinski definition) is 8. The highest BCUT2D eigenvalue weighted by Crippen LogP contribution is 2.41. The molecule has 12 heteroatoms. The largest absolute Gasteiger partial charge is 0.508 e. The molecule has 1 aromatic carbocycles. The first-order valence-electron chi connectivity index (χ1n) is 18.6. The van der Waals surface area contributed by atoms with E-state index in [1.165, 1.54) is 35.5 Å². The molecule has 6 amide bonds. The molecule has 1 N–H and O–H groups in total. The lowest BCUT2D eigenvalue weighted by Gasteiger charge is -2.33. The molecule has 3 heterocycles. The first-order chi connectivity index (χ1) is 24.8. The number of allylic oxidation sites excluding steroid dienone is 2. The lowest BCUT2D eigenvalue weighted by atomic mass is 9.83. The topological polar surface area (TPSA) is 148 Å². The quantitative estimate of drug-likeness (QED) is 0.236. The molecule has 0 spiro atoms. The maximum Gasteiger partial charge on any atom is 0.328 e. The van der Waals surface area contributed by atoms with E-state index in [1.807, 2.05) is 13.8 Å². The Morgan fingerprint density at radius 1 is 0.827 bits per heavy atom. The Kier molecular flexibility index (Phi) is 13.3. The molecule has 52 heavy (non-hydrogen) atoms. The summed E-state index contributed by atoms with van der Waals surface area (Å²) in [5, 5.41) is 10.2. The van der Waals surface area contributed by atoms with Crippen molar-refractivity contribution in [1.29, 1.82) is 0 Å². The Balaban J connectivity index is 0.000000271. The summed E-state index contributed by atoms with van der Waals surface area (Å²) in [7, 11) is 3.16. The number of rotatable bonds is 8. The van der Waals surface area contributed by atoms with E-state index in [-0.39, 0.29) is 49.7 Å². The van der Waals surface area contributed by atoms with E-state index in [2.05, 4.69) is 11.1 Å². The number of nitrogens with zero attached hydrogens (tertiary/aromatic N) is 5. The average molecular weight is 719 g/mol. The van der Waals surface area contributed by atoms with Crippen molar-refractivity contribution < 1.29 is 35.3 Å². The van der Waals surface area contributed by atoms with Gasteiger partial charge in [0.2, 0.25) is 0 Å². The van der Waals surface area contributed by atoms with Crippen LogP contribution in [-0.2, 0) is 24.7 Å². The second kappa shape index (κ2) is 17.3. The van der Waals surface area contributed by atoms with Gasteiger partial charge in [-0.1, -0.05) is 70.2 Å². The smallest absolute Gasteiger partial charge is 0.328 e. The standard InChI is InChI=1S/C21H28N2O4.C17H20N3O3.C2H6.H2/c1-21(16-12-8-9-13-17(16)24)19(26)23(20(27)22(21)2)14-18(25)15-10-6-4-3-5-7-11-15;1-17(12-7-4-3-5-8-12)15(22)20(16(23)19(17)2)11-14(21)13-9-6-10-18-13;1-2;/h8-9,12-13,15,24H,3-7,10-11,14H2,1-2H3;6-7,9-10H,3-5,8,11H2,1-2H3;1-2H3;1H. The van der Waals surface area contributed by atoms with Crippen molar-refractivity contribution in [3.63, 3.8) is 0 Å². The molecule has 0 bridgehead atoms. The van der Waals surface area contributed by atoms with Gasteiger partial charge in [0.25, 0.3) is 11.8 Å². The first-order valence-corrected chi connectivity index (χ1v) is 18.6. The molecule has 2 atom stereocenters. The molecular formula is C40H56N5O7. The molecule has 1 saturated carbocycles. The molecule has 1 radical (unpaired) electrons. The van der Waals surface area contributed by atoms with Crippen LogP contribution in [0.15, 0.2) is 53.1 Å². The number of carbonyl (C=O) groups excluding carboxylic acids is 6. The average Bonchev–Trinajstić information content (AvgIpc) is 3.79. The fourth-order valence-corrected chi connectivity index (χ4v) is 7.58. The van der Waals surface area contributed by atoms with Crippen LogP contribution in [0.1, 0.15) is 105 Å². The summed E-state index contributed by atoms with van der Waals surface area (Å²) >= 11 is 0. The normalized spacial score (nSPS) is 25.4. The minimum absolute atomic E-state index is 0. The highest BCUT2D eigenvalue weighted by Gasteiger charge is 2.56. The number of para-hydroxylation sites is 1. The van der Waals surface area contributed by atoms with E-state index >= 15 is 0 Å². The summed E-state index contributed by atoms with van der Waals surface area (Å²) in [4.78, 5) is 85.1. The number of aromatic hydroxyl groups is 1. The van der Waals surface area contributed by atoms with Gasteiger partial charge in [0.1, 0.15) is 16.8 Å². The highest BCUT2D eigenvalue weighted by atomic mass is 16.3. The van der Waals surface area contributed by atoms with Crippen molar-refractivity contribution in [2.45, 2.75) is 109 Å². The minimum atomic E-state index is -1.32. The van der Waals surface area contributed by atoms with Gasteiger partial charge < -0.3 is 14.9 Å². The molecule has 1 aromatic rings. The van der Waals surface area contributed by atoms with Gasteiger partial charge in [0.15, 0.2) is 17.6 Å². The van der Waals surface area contributed by atoms with Gasteiger partial charge in [0.05, 0.1) is 13.1 Å². The number of ketones is 2. The molecule has 283 valence electrons. The van der Waals surface area contributed by atoms with Gasteiger partial charge in [-0.2, -0.15) is 0 Å². The molecule has 2 aliphatic carbocycles. The summed E-state index contributed by atoms with van der Waals surface area (Å²) in [5.41, 5.74) is -0.946. The van der Waals surface area contributed by atoms with E-state index in [0.29, 0.717) is 5.56 Å². The fraction of sp³-hybridized carbons (Fsp3) is 0.550. The number of imide groups is 2. The maximum absolute atomic E-state index is 13.1. The highest BCUT2D eigenvalue weighted by molar-refractivity contribution is 6.12. The number of benzene rings is 1. The van der Waals surface area contributed by atoms with E-state index in [9.17, 15) is 33.9 Å². The van der Waals surface area contributed by atoms with Crippen molar-refractivity contribution in [1.82, 2.24) is 19.6 Å². The lowest BCUT2D eigenvalue weighted by molar-refractivity contribution is -0.136. The zero-order valence-corrected chi connectivity index (χ0v) is 31.5. The number of Topliss-reactive ketones (excluding diaryl/α,β-unsaturated/α-hetero) is 2. The number of urea groups is 2. The molecule has 3 fully saturated rings. The first kappa shape index (κ1) is 40.2. The lowest BCUT2D eigenvalue weighted by Crippen LogP contribution is -2.47. The van der Waals surface area contributed by atoms with Crippen LogP contribution in [0.3, 0.4) is 0 Å². The molecule has 6 rings (SSSR count). The molecule has 0 aromatic heterocycles. The molecular weight excluding hydrogens is 662 g/mol. The summed E-state index contributed by atoms with van der Waals surface area (Å²) in [6, 6.07) is 5.87. The predicted octanol–water partition coefficient (Wildman–Crippen LogP) is 6.58. The SMILES string of the molecule is CC.CN1C(=O)N(CC(=O)C2CCCCCCC2)C(=O)C1(C)c1ccccc1O.CN1C(=O)N(CC(=O)[C]2C=CC=N2)C(=O)C1(C)C1=CCCCC1.[HH]. The van der Waals surface area contributed by atoms with Crippen LogP contribution in [0.4, 0.5) is 9.59 Å². The van der Waals surface area contributed by atoms with Crippen molar-refractivity contribution in [3.05, 3.63) is 59.7 Å². The third-order valence-corrected chi connectivity index (χ3v) is 11.1. The van der Waals surface area contributed by atoms with Gasteiger partial charge in [-0.3, -0.25) is 34.0 Å². The third kappa shape index (κ3) is 7.76.